The van der Waals surface area contributed by atoms with Crippen molar-refractivity contribution in [3.8, 4) is 5.75 Å². The molecule has 0 radical (unpaired) electrons. The summed E-state index contributed by atoms with van der Waals surface area (Å²) in [5.74, 6) is 0.919. The van der Waals surface area contributed by atoms with Gasteiger partial charge in [0.2, 0.25) is 0 Å². The van der Waals surface area contributed by atoms with E-state index in [4.69, 9.17) is 4.74 Å². The van der Waals surface area contributed by atoms with Crippen molar-refractivity contribution < 1.29 is 13.2 Å². The van der Waals surface area contributed by atoms with Crippen LogP contribution in [-0.2, 0) is 16.4 Å². The van der Waals surface area contributed by atoms with Crippen LogP contribution < -0.4 is 10.1 Å². The molecule has 1 aliphatic carbocycles. The standard InChI is InChI=1S/C14H20BrNO3S/c1-20(17,18)8-2-7-19-14-6-3-11(9-13(14)15)10-16-12-4-5-12/h3,6,9,12,16H,2,4-5,7-8,10H2,1H3. The van der Waals surface area contributed by atoms with Crippen LogP contribution in [0.1, 0.15) is 24.8 Å². The third-order valence-corrected chi connectivity index (χ3v) is 4.74. The summed E-state index contributed by atoms with van der Waals surface area (Å²) in [6.45, 7) is 1.28. The Morgan fingerprint density at radius 2 is 2.15 bits per heavy atom. The second kappa shape index (κ2) is 6.91. The highest BCUT2D eigenvalue weighted by molar-refractivity contribution is 9.10. The van der Waals surface area contributed by atoms with Crippen molar-refractivity contribution in [2.45, 2.75) is 31.8 Å². The van der Waals surface area contributed by atoms with Crippen molar-refractivity contribution >= 4 is 25.8 Å². The minimum absolute atomic E-state index is 0.161. The smallest absolute Gasteiger partial charge is 0.147 e. The molecule has 0 saturated heterocycles. The summed E-state index contributed by atoms with van der Waals surface area (Å²) in [5, 5.41) is 3.46. The highest BCUT2D eigenvalue weighted by Crippen LogP contribution is 2.27. The molecule has 1 aliphatic rings. The highest BCUT2D eigenvalue weighted by atomic mass is 79.9. The predicted molar refractivity (Wildman–Crippen MR) is 83.8 cm³/mol. The van der Waals surface area contributed by atoms with E-state index in [0.717, 1.165) is 16.8 Å². The van der Waals surface area contributed by atoms with Gasteiger partial charge >= 0.3 is 0 Å². The molecule has 0 spiro atoms. The maximum absolute atomic E-state index is 11.0. The predicted octanol–water partition coefficient (Wildman–Crippen LogP) is 2.51. The zero-order valence-corrected chi connectivity index (χ0v) is 14.0. The fourth-order valence-corrected chi connectivity index (χ4v) is 3.01. The Morgan fingerprint density at radius 1 is 1.40 bits per heavy atom. The van der Waals surface area contributed by atoms with E-state index < -0.39 is 9.84 Å². The number of rotatable bonds is 8. The lowest BCUT2D eigenvalue weighted by Gasteiger charge is -2.10. The monoisotopic (exact) mass is 361 g/mol. The molecule has 0 bridgehead atoms. The van der Waals surface area contributed by atoms with Crippen molar-refractivity contribution in [2.24, 2.45) is 0 Å². The summed E-state index contributed by atoms with van der Waals surface area (Å²) in [6.07, 6.45) is 4.31. The Labute approximate surface area is 129 Å². The van der Waals surface area contributed by atoms with Crippen LogP contribution in [0.15, 0.2) is 22.7 Å². The first kappa shape index (κ1) is 15.8. The van der Waals surface area contributed by atoms with Gasteiger partial charge in [-0.1, -0.05) is 6.07 Å². The molecule has 6 heteroatoms. The van der Waals surface area contributed by atoms with Crippen LogP contribution in [0.4, 0.5) is 0 Å². The van der Waals surface area contributed by atoms with Crippen molar-refractivity contribution in [1.82, 2.24) is 5.32 Å². The lowest BCUT2D eigenvalue weighted by molar-refractivity contribution is 0.315. The zero-order valence-electron chi connectivity index (χ0n) is 11.6. The van der Waals surface area contributed by atoms with Gasteiger partial charge in [-0.05, 0) is 52.9 Å². The number of hydrogen-bond donors (Lipinski definition) is 1. The Hall–Kier alpha value is -0.590. The third kappa shape index (κ3) is 5.81. The maximum Gasteiger partial charge on any atom is 0.147 e. The molecule has 0 heterocycles. The summed E-state index contributed by atoms with van der Waals surface area (Å²) in [5.41, 5.74) is 1.22. The lowest BCUT2D eigenvalue weighted by atomic mass is 10.2. The first-order valence-electron chi connectivity index (χ1n) is 6.76. The maximum atomic E-state index is 11.0. The quantitative estimate of drug-likeness (QED) is 0.722. The van der Waals surface area contributed by atoms with Gasteiger partial charge in [0.1, 0.15) is 15.6 Å². The van der Waals surface area contributed by atoms with Crippen LogP contribution >= 0.6 is 15.9 Å². The average molecular weight is 362 g/mol. The molecule has 1 fully saturated rings. The molecule has 1 N–H and O–H groups in total. The molecule has 0 aromatic heterocycles. The van der Waals surface area contributed by atoms with Crippen molar-refractivity contribution in [2.75, 3.05) is 18.6 Å². The summed E-state index contributed by atoms with van der Waals surface area (Å²) >= 11 is 3.49. The van der Waals surface area contributed by atoms with E-state index in [1.807, 2.05) is 18.2 Å². The van der Waals surface area contributed by atoms with Gasteiger partial charge in [0.05, 0.1) is 16.8 Å². The second-order valence-electron chi connectivity index (χ2n) is 5.25. The number of ether oxygens (including phenoxy) is 1. The van der Waals surface area contributed by atoms with Crippen molar-refractivity contribution in [3.05, 3.63) is 28.2 Å². The minimum atomic E-state index is -2.90. The van der Waals surface area contributed by atoms with Gasteiger partial charge in [0.25, 0.3) is 0 Å². The molecule has 0 amide bonds. The molecule has 4 nitrogen and oxygen atoms in total. The van der Waals surface area contributed by atoms with E-state index in [1.54, 1.807) is 0 Å². The second-order valence-corrected chi connectivity index (χ2v) is 8.37. The first-order chi connectivity index (χ1) is 9.44. The topological polar surface area (TPSA) is 55.4 Å². The summed E-state index contributed by atoms with van der Waals surface area (Å²) in [4.78, 5) is 0. The van der Waals surface area contributed by atoms with Gasteiger partial charge < -0.3 is 10.1 Å². The molecular weight excluding hydrogens is 342 g/mol. The Kier molecular flexibility index (Phi) is 5.46. The lowest BCUT2D eigenvalue weighted by Crippen LogP contribution is -2.15. The first-order valence-corrected chi connectivity index (χ1v) is 9.62. The zero-order chi connectivity index (χ0) is 14.6. The van der Waals surface area contributed by atoms with Gasteiger partial charge in [-0.2, -0.15) is 0 Å². The molecule has 1 aromatic carbocycles. The largest absolute Gasteiger partial charge is 0.492 e. The SMILES string of the molecule is CS(=O)(=O)CCCOc1ccc(CNC2CC2)cc1Br. The van der Waals surface area contributed by atoms with Crippen LogP contribution in [-0.4, -0.2) is 33.1 Å². The van der Waals surface area contributed by atoms with Gasteiger partial charge in [0.15, 0.2) is 0 Å². The number of hydrogen-bond acceptors (Lipinski definition) is 4. The molecule has 1 aromatic rings. The van der Waals surface area contributed by atoms with Gasteiger partial charge in [-0.15, -0.1) is 0 Å². The average Bonchev–Trinajstić information content (AvgIpc) is 3.17. The fourth-order valence-electron chi connectivity index (χ4n) is 1.82. The molecule has 2 rings (SSSR count). The molecule has 0 unspecified atom stereocenters. The Balaban J connectivity index is 1.79. The number of benzene rings is 1. The van der Waals surface area contributed by atoms with E-state index >= 15 is 0 Å². The molecular formula is C14H20BrNO3S. The van der Waals surface area contributed by atoms with Crippen molar-refractivity contribution in [3.63, 3.8) is 0 Å². The number of halogens is 1. The fraction of sp³-hybridized carbons (Fsp3) is 0.571. The summed E-state index contributed by atoms with van der Waals surface area (Å²) in [6, 6.07) is 6.70. The Bertz CT molecular complexity index is 556. The van der Waals surface area contributed by atoms with Crippen LogP contribution in [0, 0.1) is 0 Å². The molecule has 112 valence electrons. The van der Waals surface area contributed by atoms with Crippen LogP contribution in [0.25, 0.3) is 0 Å². The van der Waals surface area contributed by atoms with Crippen LogP contribution in [0.5, 0.6) is 5.75 Å². The van der Waals surface area contributed by atoms with E-state index in [2.05, 4.69) is 21.2 Å². The number of nitrogens with one attached hydrogen (secondary N) is 1. The van der Waals surface area contributed by atoms with Gasteiger partial charge in [0, 0.05) is 18.8 Å². The van der Waals surface area contributed by atoms with Crippen LogP contribution in [0.2, 0.25) is 0 Å². The summed E-state index contributed by atoms with van der Waals surface area (Å²) in [7, 11) is -2.90. The van der Waals surface area contributed by atoms with Crippen molar-refractivity contribution in [1.29, 1.82) is 0 Å². The third-order valence-electron chi connectivity index (χ3n) is 3.09. The molecule has 0 atom stereocenters. The summed E-state index contributed by atoms with van der Waals surface area (Å²) < 4.78 is 28.5. The highest BCUT2D eigenvalue weighted by Gasteiger charge is 2.20. The molecule has 0 aliphatic heterocycles. The minimum Gasteiger partial charge on any atom is -0.492 e. The Morgan fingerprint density at radius 3 is 2.75 bits per heavy atom. The normalized spacial score (nSPS) is 15.3. The number of sulfone groups is 1. The van der Waals surface area contributed by atoms with Gasteiger partial charge in [-0.25, -0.2) is 8.42 Å². The molecule has 20 heavy (non-hydrogen) atoms. The van der Waals surface area contributed by atoms with E-state index in [9.17, 15) is 8.42 Å². The van der Waals surface area contributed by atoms with E-state index in [-0.39, 0.29) is 5.75 Å². The van der Waals surface area contributed by atoms with E-state index in [0.29, 0.717) is 19.1 Å². The van der Waals surface area contributed by atoms with Gasteiger partial charge in [-0.3, -0.25) is 0 Å². The van der Waals surface area contributed by atoms with E-state index in [1.165, 1.54) is 24.7 Å². The van der Waals surface area contributed by atoms with Crippen LogP contribution in [0.3, 0.4) is 0 Å². The molecule has 1 saturated carbocycles.